The smallest absolute Gasteiger partial charge is 0.216 e. The van der Waals surface area contributed by atoms with E-state index in [0.717, 1.165) is 18.2 Å². The first-order valence-electron chi connectivity index (χ1n) is 8.21. The molecule has 0 bridgehead atoms. The highest BCUT2D eigenvalue weighted by molar-refractivity contribution is 8.15. The first-order chi connectivity index (χ1) is 14.9. The molecule has 0 radical (unpaired) electrons. The van der Waals surface area contributed by atoms with Crippen LogP contribution >= 0.6 is 0 Å². The number of sulfone groups is 2. The fourth-order valence-electron chi connectivity index (χ4n) is 2.65. The van der Waals surface area contributed by atoms with E-state index in [9.17, 15) is 69.5 Å². The Morgan fingerprint density at radius 1 is 0.647 bits per heavy atom. The van der Waals surface area contributed by atoms with Gasteiger partial charge in [-0.25, -0.2) is 16.8 Å². The minimum atomic E-state index is -8.09. The van der Waals surface area contributed by atoms with Crippen molar-refractivity contribution in [2.24, 2.45) is 0 Å². The van der Waals surface area contributed by atoms with Gasteiger partial charge in [0.2, 0.25) is 0 Å². The van der Waals surface area contributed by atoms with E-state index in [4.69, 9.17) is 0 Å². The van der Waals surface area contributed by atoms with E-state index in [1.807, 2.05) is 0 Å². The van der Waals surface area contributed by atoms with Gasteiger partial charge in [-0.1, -0.05) is 30.3 Å². The number of allylic oxidation sites excluding steroid dienone is 1. The van der Waals surface area contributed by atoms with Crippen LogP contribution in [0.3, 0.4) is 0 Å². The third kappa shape index (κ3) is 3.97. The normalized spacial score (nSPS) is 18.0. The lowest BCUT2D eigenvalue weighted by atomic mass is 10.0. The molecule has 1 aromatic carbocycles. The van der Waals surface area contributed by atoms with Crippen LogP contribution in [0, 0.1) is 0 Å². The molecular formula is C16H8F12O4S2. The molecule has 0 atom stereocenters. The topological polar surface area (TPSA) is 68.3 Å². The van der Waals surface area contributed by atoms with Gasteiger partial charge in [0.05, 0.1) is 0 Å². The van der Waals surface area contributed by atoms with Crippen molar-refractivity contribution in [3.05, 3.63) is 44.5 Å². The average Bonchev–Trinajstić information content (AvgIpc) is 2.65. The van der Waals surface area contributed by atoms with Gasteiger partial charge in [0.1, 0.15) is 0 Å². The molecule has 4 nitrogen and oxygen atoms in total. The van der Waals surface area contributed by atoms with Crippen LogP contribution in [-0.2, 0) is 19.7 Å². The predicted molar refractivity (Wildman–Crippen MR) is 91.1 cm³/mol. The largest absolute Gasteiger partial charge is 0.469 e. The molecule has 18 heteroatoms. The quantitative estimate of drug-likeness (QED) is 0.520. The number of benzene rings is 1. The number of rotatable bonds is 5. The van der Waals surface area contributed by atoms with E-state index in [-0.39, 0.29) is 16.5 Å². The Morgan fingerprint density at radius 3 is 1.53 bits per heavy atom. The minimum absolute atomic E-state index is 0.0513. The zero-order chi connectivity index (χ0) is 26.8. The molecule has 0 saturated heterocycles. The average molecular weight is 556 g/mol. The van der Waals surface area contributed by atoms with E-state index in [1.165, 1.54) is 12.1 Å². The van der Waals surface area contributed by atoms with Crippen LogP contribution in [0.4, 0.5) is 52.7 Å². The lowest BCUT2D eigenvalue weighted by molar-refractivity contribution is -0.331. The van der Waals surface area contributed by atoms with Crippen molar-refractivity contribution in [3.8, 4) is 0 Å². The van der Waals surface area contributed by atoms with Crippen LogP contribution in [0.2, 0.25) is 0 Å². The van der Waals surface area contributed by atoms with E-state index in [2.05, 4.69) is 0 Å². The van der Waals surface area contributed by atoms with Crippen LogP contribution in [0.1, 0.15) is 6.42 Å². The first-order valence-corrected chi connectivity index (χ1v) is 11.2. The monoisotopic (exact) mass is 556 g/mol. The Hall–Kier alpha value is -2.24. The summed E-state index contributed by atoms with van der Waals surface area (Å²) in [6, 6.07) is 4.61. The lowest BCUT2D eigenvalue weighted by Gasteiger charge is -2.30. The van der Waals surface area contributed by atoms with Crippen LogP contribution in [0.15, 0.2) is 34.1 Å². The van der Waals surface area contributed by atoms with Crippen LogP contribution < -0.4 is 10.4 Å². The molecule has 2 rings (SSSR count). The second-order valence-corrected chi connectivity index (χ2v) is 10.7. The summed E-state index contributed by atoms with van der Waals surface area (Å²) < 4.78 is 203. The molecule has 34 heavy (non-hydrogen) atoms. The predicted octanol–water partition coefficient (Wildman–Crippen LogP) is 3.64. The zero-order valence-electron chi connectivity index (χ0n) is 15.7. The van der Waals surface area contributed by atoms with Gasteiger partial charge in [0.25, 0.3) is 19.7 Å². The number of fused-ring (bicyclic) bond motifs is 1. The van der Waals surface area contributed by atoms with Crippen molar-refractivity contribution in [2.75, 3.05) is 0 Å². The molecule has 0 heterocycles. The Balaban J connectivity index is 3.08. The maximum absolute atomic E-state index is 14.1. The molecule has 0 fully saturated rings. The third-order valence-electron chi connectivity index (χ3n) is 4.34. The summed E-state index contributed by atoms with van der Waals surface area (Å²) in [5, 5.41) is -15.0. The van der Waals surface area contributed by atoms with Gasteiger partial charge in [-0.3, -0.25) is 0 Å². The Labute approximate surface area is 181 Å². The molecule has 0 aromatic heterocycles. The number of hydrogen-bond acceptors (Lipinski definition) is 4. The van der Waals surface area contributed by atoms with Crippen molar-refractivity contribution in [1.29, 1.82) is 0 Å². The summed E-state index contributed by atoms with van der Waals surface area (Å²) in [6.07, 6.45) is -14.9. The SMILES string of the molecule is O=S(=O)(/C(=C1/C=c2ccccc2=CC1)S(=O)(=O)C(F)(F)C(F)(F)C(F)(F)F)C(F)(F)C(F)(F)F. The molecule has 0 N–H and O–H groups in total. The Bertz CT molecular complexity index is 1350. The first kappa shape index (κ1) is 28.0. The Kier molecular flexibility index (Phi) is 6.50. The highest BCUT2D eigenvalue weighted by Crippen LogP contribution is 2.54. The number of alkyl halides is 12. The third-order valence-corrected chi connectivity index (χ3v) is 9.00. The van der Waals surface area contributed by atoms with Crippen molar-refractivity contribution >= 4 is 31.8 Å². The molecular weight excluding hydrogens is 548 g/mol. The van der Waals surface area contributed by atoms with Crippen LogP contribution in [-0.4, -0.2) is 45.6 Å². The molecule has 1 aromatic rings. The molecule has 192 valence electrons. The van der Waals surface area contributed by atoms with Crippen molar-refractivity contribution in [3.63, 3.8) is 0 Å². The highest BCUT2D eigenvalue weighted by Gasteiger charge is 2.81. The van der Waals surface area contributed by atoms with E-state index in [0.29, 0.717) is 0 Å². The van der Waals surface area contributed by atoms with Crippen LogP contribution in [0.25, 0.3) is 12.2 Å². The molecule has 0 saturated carbocycles. The van der Waals surface area contributed by atoms with E-state index in [1.54, 1.807) is 0 Å². The van der Waals surface area contributed by atoms with Crippen molar-refractivity contribution < 1.29 is 69.5 Å². The standard InChI is InChI=1S/C16H8F12O4S2/c17-12(18,13(19,20)21)15(25,26)33(29,30)11(34(31,32)16(27,28)14(22,23)24)10-6-5-8-3-1-2-4-9(8)7-10/h1-5,7H,6H2/b11-10+. The molecule has 1 aliphatic rings. The molecule has 0 spiro atoms. The second kappa shape index (κ2) is 7.89. The van der Waals surface area contributed by atoms with Gasteiger partial charge in [0.15, 0.2) is 4.24 Å². The zero-order valence-corrected chi connectivity index (χ0v) is 17.3. The summed E-state index contributed by atoms with van der Waals surface area (Å²) in [6.45, 7) is 0. The van der Waals surface area contributed by atoms with E-state index >= 15 is 0 Å². The maximum Gasteiger partial charge on any atom is 0.469 e. The van der Waals surface area contributed by atoms with Gasteiger partial charge in [0, 0.05) is 0 Å². The summed E-state index contributed by atoms with van der Waals surface area (Å²) in [5.41, 5.74) is -1.82. The van der Waals surface area contributed by atoms with E-state index < -0.39 is 64.7 Å². The fraction of sp³-hybridized carbons (Fsp3) is 0.375. The lowest BCUT2D eigenvalue weighted by Crippen LogP contribution is -2.57. The fourth-order valence-corrected chi connectivity index (χ4v) is 6.63. The maximum atomic E-state index is 14.1. The van der Waals surface area contributed by atoms with Gasteiger partial charge in [-0.05, 0) is 28.5 Å². The van der Waals surface area contributed by atoms with Gasteiger partial charge in [-0.15, -0.1) is 0 Å². The summed E-state index contributed by atoms with van der Waals surface area (Å²) in [5.74, 6) is -7.59. The molecule has 1 aliphatic carbocycles. The highest BCUT2D eigenvalue weighted by atomic mass is 32.3. The summed E-state index contributed by atoms with van der Waals surface area (Å²) in [4.78, 5) is 0. The second-order valence-electron chi connectivity index (χ2n) is 6.60. The summed E-state index contributed by atoms with van der Waals surface area (Å²) in [7, 11) is -16.0. The van der Waals surface area contributed by atoms with Crippen molar-refractivity contribution in [1.82, 2.24) is 0 Å². The summed E-state index contributed by atoms with van der Waals surface area (Å²) >= 11 is 0. The van der Waals surface area contributed by atoms with Gasteiger partial charge >= 0.3 is 28.8 Å². The number of halogens is 12. The van der Waals surface area contributed by atoms with Crippen LogP contribution in [0.5, 0.6) is 0 Å². The van der Waals surface area contributed by atoms with Gasteiger partial charge < -0.3 is 0 Å². The Morgan fingerprint density at radius 2 is 1.09 bits per heavy atom. The van der Waals surface area contributed by atoms with Gasteiger partial charge in [-0.2, -0.15) is 52.7 Å². The molecule has 0 aliphatic heterocycles. The molecule has 0 unspecified atom stereocenters. The van der Waals surface area contributed by atoms with Crippen molar-refractivity contribution in [2.45, 2.75) is 35.2 Å². The minimum Gasteiger partial charge on any atom is -0.216 e. The number of hydrogen-bond donors (Lipinski definition) is 0. The molecule has 0 amide bonds.